The molecule has 0 aliphatic rings. The Labute approximate surface area is 131 Å². The van der Waals surface area contributed by atoms with Gasteiger partial charge in [0.2, 0.25) is 5.91 Å². The van der Waals surface area contributed by atoms with Gasteiger partial charge in [0, 0.05) is 17.4 Å². The number of thiazole rings is 1. The molecule has 0 spiro atoms. The van der Waals surface area contributed by atoms with Crippen molar-refractivity contribution in [3.05, 3.63) is 27.4 Å². The Morgan fingerprint density at radius 1 is 1.38 bits per heavy atom. The highest BCUT2D eigenvalue weighted by Crippen LogP contribution is 2.28. The van der Waals surface area contributed by atoms with Gasteiger partial charge < -0.3 is 14.8 Å². The number of methoxy groups -OCH3 is 1. The van der Waals surface area contributed by atoms with Crippen molar-refractivity contribution in [2.45, 2.75) is 13.5 Å². The number of aryl methyl sites for hydroxylation is 1. The maximum Gasteiger partial charge on any atom is 0.246 e. The van der Waals surface area contributed by atoms with Crippen LogP contribution < -0.4 is 5.32 Å². The number of ether oxygens (including phenoxy) is 2. The molecule has 0 aliphatic heterocycles. The predicted molar refractivity (Wildman–Crippen MR) is 84.7 cm³/mol. The lowest BCUT2D eigenvalue weighted by atomic mass is 10.3. The van der Waals surface area contributed by atoms with Gasteiger partial charge in [-0.1, -0.05) is 0 Å². The van der Waals surface area contributed by atoms with E-state index in [4.69, 9.17) is 9.47 Å². The van der Waals surface area contributed by atoms with Crippen LogP contribution in [0.25, 0.3) is 10.6 Å². The van der Waals surface area contributed by atoms with E-state index in [1.807, 2.05) is 24.4 Å². The van der Waals surface area contributed by atoms with Gasteiger partial charge in [-0.05, 0) is 19.1 Å². The molecule has 5 nitrogen and oxygen atoms in total. The third-order valence-corrected chi connectivity index (χ3v) is 4.54. The number of nitrogens with one attached hydrogen (secondary N) is 1. The maximum atomic E-state index is 11.6. The van der Waals surface area contributed by atoms with Crippen LogP contribution >= 0.6 is 22.7 Å². The molecule has 0 saturated carbocycles. The average molecular weight is 326 g/mol. The summed E-state index contributed by atoms with van der Waals surface area (Å²) in [6.45, 7) is 3.49. The SMILES string of the molecule is COCCOCC(=O)NCc1ccc(-c2csc(C)n2)s1. The van der Waals surface area contributed by atoms with Crippen molar-refractivity contribution >= 4 is 28.6 Å². The van der Waals surface area contributed by atoms with Crippen LogP contribution in [0.3, 0.4) is 0 Å². The van der Waals surface area contributed by atoms with Gasteiger partial charge in [-0.2, -0.15) is 0 Å². The zero-order valence-electron chi connectivity index (χ0n) is 12.0. The molecule has 0 aliphatic carbocycles. The van der Waals surface area contributed by atoms with E-state index in [-0.39, 0.29) is 12.5 Å². The lowest BCUT2D eigenvalue weighted by Crippen LogP contribution is -2.27. The molecule has 114 valence electrons. The van der Waals surface area contributed by atoms with Crippen molar-refractivity contribution < 1.29 is 14.3 Å². The summed E-state index contributed by atoms with van der Waals surface area (Å²) < 4.78 is 10.00. The van der Waals surface area contributed by atoms with E-state index in [0.717, 1.165) is 20.5 Å². The largest absolute Gasteiger partial charge is 0.382 e. The van der Waals surface area contributed by atoms with Gasteiger partial charge in [-0.3, -0.25) is 4.79 Å². The van der Waals surface area contributed by atoms with Crippen molar-refractivity contribution in [3.63, 3.8) is 0 Å². The minimum atomic E-state index is -0.120. The van der Waals surface area contributed by atoms with E-state index in [1.165, 1.54) is 0 Å². The monoisotopic (exact) mass is 326 g/mol. The van der Waals surface area contributed by atoms with Crippen LogP contribution in [-0.2, 0) is 20.8 Å². The number of amides is 1. The molecule has 2 aromatic rings. The van der Waals surface area contributed by atoms with Gasteiger partial charge in [0.15, 0.2) is 0 Å². The molecule has 0 atom stereocenters. The first kappa shape index (κ1) is 16.1. The quantitative estimate of drug-likeness (QED) is 0.757. The summed E-state index contributed by atoms with van der Waals surface area (Å²) in [4.78, 5) is 18.3. The summed E-state index contributed by atoms with van der Waals surface area (Å²) in [5.74, 6) is -0.120. The number of aromatic nitrogens is 1. The van der Waals surface area contributed by atoms with Gasteiger partial charge in [0.25, 0.3) is 0 Å². The Hall–Kier alpha value is -1.28. The molecular weight excluding hydrogens is 308 g/mol. The number of thiophene rings is 1. The van der Waals surface area contributed by atoms with Crippen molar-refractivity contribution in [1.82, 2.24) is 10.3 Å². The molecule has 1 N–H and O–H groups in total. The molecular formula is C14H18N2O3S2. The van der Waals surface area contributed by atoms with Crippen molar-refractivity contribution in [2.24, 2.45) is 0 Å². The zero-order valence-corrected chi connectivity index (χ0v) is 13.7. The summed E-state index contributed by atoms with van der Waals surface area (Å²) in [7, 11) is 1.60. The Morgan fingerprint density at radius 2 is 2.24 bits per heavy atom. The molecule has 0 bridgehead atoms. The van der Waals surface area contributed by atoms with Crippen LogP contribution in [0.15, 0.2) is 17.5 Å². The van der Waals surface area contributed by atoms with E-state index >= 15 is 0 Å². The molecule has 21 heavy (non-hydrogen) atoms. The van der Waals surface area contributed by atoms with Crippen LogP contribution in [0.4, 0.5) is 0 Å². The Bertz CT molecular complexity index is 580. The smallest absolute Gasteiger partial charge is 0.246 e. The normalized spacial score (nSPS) is 10.8. The lowest BCUT2D eigenvalue weighted by Gasteiger charge is -2.04. The Kier molecular flexibility index (Phi) is 6.31. The van der Waals surface area contributed by atoms with Crippen LogP contribution in [0.2, 0.25) is 0 Å². The van der Waals surface area contributed by atoms with Gasteiger partial charge in [0.1, 0.15) is 6.61 Å². The number of rotatable bonds is 8. The highest BCUT2D eigenvalue weighted by molar-refractivity contribution is 7.16. The highest BCUT2D eigenvalue weighted by atomic mass is 32.1. The predicted octanol–water partition coefficient (Wildman–Crippen LogP) is 2.46. The molecule has 1 amide bonds. The van der Waals surface area contributed by atoms with E-state index < -0.39 is 0 Å². The third kappa shape index (κ3) is 5.20. The molecule has 0 unspecified atom stereocenters. The minimum absolute atomic E-state index is 0.0624. The number of hydrogen-bond donors (Lipinski definition) is 1. The van der Waals surface area contributed by atoms with Gasteiger partial charge in [0.05, 0.1) is 35.3 Å². The molecule has 0 radical (unpaired) electrons. The summed E-state index contributed by atoms with van der Waals surface area (Å²) in [5.41, 5.74) is 1.00. The van der Waals surface area contributed by atoms with Gasteiger partial charge in [-0.25, -0.2) is 4.98 Å². The number of carbonyl (C=O) groups excluding carboxylic acids is 1. The van der Waals surface area contributed by atoms with Crippen LogP contribution in [0.5, 0.6) is 0 Å². The van der Waals surface area contributed by atoms with E-state index in [9.17, 15) is 4.79 Å². The fraction of sp³-hybridized carbons (Fsp3) is 0.429. The maximum absolute atomic E-state index is 11.6. The number of carbonyl (C=O) groups is 1. The molecule has 0 saturated heterocycles. The second-order valence-corrected chi connectivity index (χ2v) is 6.57. The second-order valence-electron chi connectivity index (χ2n) is 4.34. The third-order valence-electron chi connectivity index (χ3n) is 2.66. The molecule has 7 heteroatoms. The summed E-state index contributed by atoms with van der Waals surface area (Å²) in [6.07, 6.45) is 0. The van der Waals surface area contributed by atoms with Crippen LogP contribution in [0, 0.1) is 6.92 Å². The summed E-state index contributed by atoms with van der Waals surface area (Å²) >= 11 is 3.28. The first-order valence-corrected chi connectivity index (χ1v) is 8.23. The topological polar surface area (TPSA) is 60.5 Å². The van der Waals surface area contributed by atoms with E-state index in [0.29, 0.717) is 19.8 Å². The molecule has 2 aromatic heterocycles. The first-order valence-electron chi connectivity index (χ1n) is 6.53. The number of nitrogens with zero attached hydrogens (tertiary/aromatic N) is 1. The van der Waals surface area contributed by atoms with Crippen LogP contribution in [0.1, 0.15) is 9.88 Å². The number of hydrogen-bond acceptors (Lipinski definition) is 6. The minimum Gasteiger partial charge on any atom is -0.382 e. The lowest BCUT2D eigenvalue weighted by molar-refractivity contribution is -0.126. The van der Waals surface area contributed by atoms with E-state index in [1.54, 1.807) is 29.8 Å². The molecule has 2 rings (SSSR count). The summed E-state index contributed by atoms with van der Waals surface area (Å²) in [5, 5.41) is 5.94. The van der Waals surface area contributed by atoms with Crippen molar-refractivity contribution in [3.8, 4) is 10.6 Å². The zero-order chi connectivity index (χ0) is 15.1. The first-order chi connectivity index (χ1) is 10.2. The Balaban J connectivity index is 1.76. The van der Waals surface area contributed by atoms with Crippen LogP contribution in [-0.4, -0.2) is 37.8 Å². The Morgan fingerprint density at radius 3 is 2.95 bits per heavy atom. The highest BCUT2D eigenvalue weighted by Gasteiger charge is 2.07. The fourth-order valence-electron chi connectivity index (χ4n) is 1.63. The van der Waals surface area contributed by atoms with Crippen molar-refractivity contribution in [1.29, 1.82) is 0 Å². The standard InChI is InChI=1S/C14H18N2O3S2/c1-10-16-12(9-20-10)13-4-3-11(21-13)7-15-14(17)8-19-6-5-18-2/h3-4,9H,5-8H2,1-2H3,(H,15,17). The summed E-state index contributed by atoms with van der Waals surface area (Å²) in [6, 6.07) is 4.05. The van der Waals surface area contributed by atoms with Gasteiger partial charge in [-0.15, -0.1) is 22.7 Å². The van der Waals surface area contributed by atoms with E-state index in [2.05, 4.69) is 10.3 Å². The second kappa shape index (κ2) is 8.23. The van der Waals surface area contributed by atoms with Crippen molar-refractivity contribution in [2.75, 3.05) is 26.9 Å². The molecule has 0 fully saturated rings. The molecule has 2 heterocycles. The molecule has 0 aromatic carbocycles. The fourth-order valence-corrected chi connectivity index (χ4v) is 3.23. The average Bonchev–Trinajstić information content (AvgIpc) is 3.10. The van der Waals surface area contributed by atoms with Gasteiger partial charge >= 0.3 is 0 Å².